The van der Waals surface area contributed by atoms with Crippen molar-refractivity contribution < 1.29 is 9.90 Å². The summed E-state index contributed by atoms with van der Waals surface area (Å²) in [5.41, 5.74) is 0.271. The van der Waals surface area contributed by atoms with Crippen molar-refractivity contribution in [1.29, 1.82) is 0 Å². The van der Waals surface area contributed by atoms with Crippen LogP contribution >= 0.6 is 0 Å². The first-order chi connectivity index (χ1) is 9.66. The van der Waals surface area contributed by atoms with Gasteiger partial charge >= 0.3 is 0 Å². The van der Waals surface area contributed by atoms with Gasteiger partial charge in [-0.15, -0.1) is 6.42 Å². The second-order valence-corrected chi connectivity index (χ2v) is 4.75. The zero-order valence-electron chi connectivity index (χ0n) is 10.8. The van der Waals surface area contributed by atoms with Crippen molar-refractivity contribution in [3.8, 4) is 12.3 Å². The number of carbonyl (C=O) groups excluding carboxylic acids is 1. The van der Waals surface area contributed by atoms with Crippen LogP contribution in [0.15, 0.2) is 54.6 Å². The number of hydrogen-bond donors (Lipinski definition) is 1. The highest BCUT2D eigenvalue weighted by atomic mass is 16.3. The first-order valence-electron chi connectivity index (χ1n) is 6.32. The van der Waals surface area contributed by atoms with Gasteiger partial charge in [-0.2, -0.15) is 0 Å². The number of benzene rings is 2. The molecule has 0 radical (unpaired) electrons. The number of terminal acetylenes is 1. The Morgan fingerprint density at radius 2 is 1.75 bits per heavy atom. The Morgan fingerprint density at radius 1 is 1.10 bits per heavy atom. The Morgan fingerprint density at radius 3 is 2.45 bits per heavy atom. The monoisotopic (exact) mass is 263 g/mol. The quantitative estimate of drug-likeness (QED) is 0.842. The molecule has 20 heavy (non-hydrogen) atoms. The van der Waals surface area contributed by atoms with Gasteiger partial charge in [-0.1, -0.05) is 54.5 Å². The van der Waals surface area contributed by atoms with Gasteiger partial charge in [0.25, 0.3) is 5.91 Å². The van der Waals surface area contributed by atoms with Crippen molar-refractivity contribution in [2.75, 3.05) is 4.90 Å². The standard InChI is InChI=1S/C17H13NO2/c1-2-17(20)14-10-6-7-11-15(14)18(16(17)19)12-13-8-4-3-5-9-13/h1,3-11,20H,12H2/t17-/m0/s1. The molecule has 2 aromatic rings. The molecule has 1 aliphatic heterocycles. The molecule has 0 aromatic heterocycles. The highest BCUT2D eigenvalue weighted by molar-refractivity contribution is 6.08. The van der Waals surface area contributed by atoms with Gasteiger partial charge in [-0.05, 0) is 11.6 Å². The van der Waals surface area contributed by atoms with E-state index in [0.29, 0.717) is 17.8 Å². The molecule has 0 bridgehead atoms. The Balaban J connectivity index is 2.06. The lowest BCUT2D eigenvalue weighted by Gasteiger charge is -2.19. The van der Waals surface area contributed by atoms with E-state index in [1.165, 1.54) is 4.90 Å². The summed E-state index contributed by atoms with van der Waals surface area (Å²) in [5.74, 6) is 1.76. The van der Waals surface area contributed by atoms with Crippen LogP contribution in [-0.4, -0.2) is 11.0 Å². The van der Waals surface area contributed by atoms with E-state index in [9.17, 15) is 9.90 Å². The summed E-state index contributed by atoms with van der Waals surface area (Å²) in [4.78, 5) is 14.0. The van der Waals surface area contributed by atoms with Crippen molar-refractivity contribution in [3.63, 3.8) is 0 Å². The maximum absolute atomic E-state index is 12.5. The molecule has 1 N–H and O–H groups in total. The lowest BCUT2D eigenvalue weighted by molar-refractivity contribution is -0.130. The van der Waals surface area contributed by atoms with Gasteiger partial charge in [0.05, 0.1) is 12.2 Å². The lowest BCUT2D eigenvalue weighted by Crippen LogP contribution is -2.38. The van der Waals surface area contributed by atoms with Gasteiger partial charge in [-0.25, -0.2) is 0 Å². The van der Waals surface area contributed by atoms with E-state index in [4.69, 9.17) is 6.42 Å². The topological polar surface area (TPSA) is 40.5 Å². The molecule has 1 aliphatic rings. The van der Waals surface area contributed by atoms with Crippen LogP contribution in [0.3, 0.4) is 0 Å². The fourth-order valence-corrected chi connectivity index (χ4v) is 2.50. The number of anilines is 1. The number of nitrogens with zero attached hydrogens (tertiary/aromatic N) is 1. The molecule has 0 aliphatic carbocycles. The lowest BCUT2D eigenvalue weighted by atomic mass is 9.97. The fourth-order valence-electron chi connectivity index (χ4n) is 2.50. The molecule has 0 unspecified atom stereocenters. The molecule has 3 nitrogen and oxygen atoms in total. The number of aliphatic hydroxyl groups is 1. The van der Waals surface area contributed by atoms with Crippen molar-refractivity contribution in [1.82, 2.24) is 0 Å². The summed E-state index contributed by atoms with van der Waals surface area (Å²) < 4.78 is 0. The predicted octanol–water partition coefficient (Wildman–Crippen LogP) is 2.05. The third-order valence-electron chi connectivity index (χ3n) is 3.53. The average molecular weight is 263 g/mol. The number of hydrogen-bond acceptors (Lipinski definition) is 2. The minimum atomic E-state index is -1.86. The molecule has 0 saturated heterocycles. The Bertz CT molecular complexity index is 702. The second-order valence-electron chi connectivity index (χ2n) is 4.75. The van der Waals surface area contributed by atoms with Crippen LogP contribution in [0.25, 0.3) is 0 Å². The van der Waals surface area contributed by atoms with Gasteiger partial charge in [0.2, 0.25) is 5.60 Å². The number of amides is 1. The SMILES string of the molecule is C#C[C@@]1(O)C(=O)N(Cc2ccccc2)c2ccccc21. The van der Waals surface area contributed by atoms with E-state index in [2.05, 4.69) is 5.92 Å². The van der Waals surface area contributed by atoms with Crippen molar-refractivity contribution in [2.45, 2.75) is 12.1 Å². The van der Waals surface area contributed by atoms with Crippen LogP contribution in [0.2, 0.25) is 0 Å². The number of para-hydroxylation sites is 1. The molecule has 1 amide bonds. The predicted molar refractivity (Wildman–Crippen MR) is 76.8 cm³/mol. The average Bonchev–Trinajstić information content (AvgIpc) is 2.72. The minimum Gasteiger partial charge on any atom is -0.366 e. The van der Waals surface area contributed by atoms with Gasteiger partial charge in [0, 0.05) is 5.56 Å². The van der Waals surface area contributed by atoms with Crippen molar-refractivity contribution >= 4 is 11.6 Å². The molecule has 1 heterocycles. The fraction of sp³-hybridized carbons (Fsp3) is 0.118. The highest BCUT2D eigenvalue weighted by Crippen LogP contribution is 2.40. The molecule has 0 fully saturated rings. The van der Waals surface area contributed by atoms with E-state index in [1.807, 2.05) is 36.4 Å². The molecular formula is C17H13NO2. The molecule has 98 valence electrons. The van der Waals surface area contributed by atoms with Crippen molar-refractivity contribution in [2.24, 2.45) is 0 Å². The van der Waals surface area contributed by atoms with E-state index in [1.54, 1.807) is 18.2 Å². The summed E-state index contributed by atoms with van der Waals surface area (Å²) in [6.45, 7) is 0.390. The normalized spacial score (nSPS) is 20.6. The van der Waals surface area contributed by atoms with E-state index >= 15 is 0 Å². The summed E-state index contributed by atoms with van der Waals surface area (Å²) in [5, 5.41) is 10.4. The molecule has 2 aromatic carbocycles. The Labute approximate surface area is 117 Å². The van der Waals surface area contributed by atoms with E-state index in [-0.39, 0.29) is 0 Å². The molecular weight excluding hydrogens is 250 g/mol. The number of rotatable bonds is 2. The highest BCUT2D eigenvalue weighted by Gasteiger charge is 2.48. The minimum absolute atomic E-state index is 0.390. The smallest absolute Gasteiger partial charge is 0.276 e. The van der Waals surface area contributed by atoms with Crippen LogP contribution in [0.5, 0.6) is 0 Å². The summed E-state index contributed by atoms with van der Waals surface area (Å²) in [6, 6.07) is 16.7. The molecule has 3 rings (SSSR count). The van der Waals surface area contributed by atoms with Gasteiger partial charge in [-0.3, -0.25) is 4.79 Å². The summed E-state index contributed by atoms with van der Waals surface area (Å²) in [6.07, 6.45) is 5.38. The molecule has 3 heteroatoms. The van der Waals surface area contributed by atoms with Gasteiger partial charge in [0.15, 0.2) is 0 Å². The maximum Gasteiger partial charge on any atom is 0.276 e. The van der Waals surface area contributed by atoms with Crippen LogP contribution in [0.1, 0.15) is 11.1 Å². The first-order valence-corrected chi connectivity index (χ1v) is 6.32. The van der Waals surface area contributed by atoms with E-state index < -0.39 is 11.5 Å². The molecule has 0 saturated carbocycles. The van der Waals surface area contributed by atoms with Crippen LogP contribution in [0, 0.1) is 12.3 Å². The maximum atomic E-state index is 12.5. The Hall–Kier alpha value is -2.57. The number of fused-ring (bicyclic) bond motifs is 1. The largest absolute Gasteiger partial charge is 0.366 e. The van der Waals surface area contributed by atoms with E-state index in [0.717, 1.165) is 5.56 Å². The third kappa shape index (κ3) is 1.70. The number of carbonyl (C=O) groups is 1. The van der Waals surface area contributed by atoms with Crippen LogP contribution < -0.4 is 4.90 Å². The second kappa shape index (κ2) is 4.52. The van der Waals surface area contributed by atoms with Gasteiger partial charge in [0.1, 0.15) is 0 Å². The molecule has 1 atom stereocenters. The third-order valence-corrected chi connectivity index (χ3v) is 3.53. The van der Waals surface area contributed by atoms with Crippen LogP contribution in [-0.2, 0) is 16.9 Å². The molecule has 0 spiro atoms. The Kier molecular flexibility index (Phi) is 2.81. The zero-order chi connectivity index (χ0) is 14.2. The summed E-state index contributed by atoms with van der Waals surface area (Å²) >= 11 is 0. The van der Waals surface area contributed by atoms with Gasteiger partial charge < -0.3 is 10.0 Å². The van der Waals surface area contributed by atoms with Crippen LogP contribution in [0.4, 0.5) is 5.69 Å². The zero-order valence-corrected chi connectivity index (χ0v) is 10.8. The van der Waals surface area contributed by atoms with Crippen molar-refractivity contribution in [3.05, 3.63) is 65.7 Å². The first kappa shape index (κ1) is 12.5. The summed E-state index contributed by atoms with van der Waals surface area (Å²) in [7, 11) is 0.